The molecule has 0 amide bonds. The van der Waals surface area contributed by atoms with Crippen LogP contribution < -0.4 is 0 Å². The van der Waals surface area contributed by atoms with Crippen LogP contribution in [0.15, 0.2) is 0 Å². The van der Waals surface area contributed by atoms with Gasteiger partial charge in [-0.05, 0) is 0 Å². The largest absolute Gasteiger partial charge is 0.463 e. The number of Topliss-reactive ketones (excluding diaryl/α,β-unsaturated/α-hetero) is 2. The van der Waals surface area contributed by atoms with Crippen molar-refractivity contribution in [3.8, 4) is 0 Å². The van der Waals surface area contributed by atoms with Crippen molar-refractivity contribution in [3.05, 3.63) is 0 Å². The van der Waals surface area contributed by atoms with Gasteiger partial charge in [-0.3, -0.25) is 14.4 Å². The van der Waals surface area contributed by atoms with Crippen molar-refractivity contribution in [3.63, 3.8) is 0 Å². The van der Waals surface area contributed by atoms with Gasteiger partial charge < -0.3 is 9.47 Å². The van der Waals surface area contributed by atoms with Gasteiger partial charge in [0.1, 0.15) is 0 Å². The number of ether oxygens (including phenoxy) is 2. The SMILES string of the molecule is COC(=O)C(=O)C1C(=O)COC1=O. The molecule has 1 aliphatic heterocycles. The quantitative estimate of drug-likeness (QED) is 0.295. The highest BCUT2D eigenvalue weighted by Crippen LogP contribution is 2.12. The zero-order valence-corrected chi connectivity index (χ0v) is 6.73. The summed E-state index contributed by atoms with van der Waals surface area (Å²) >= 11 is 0. The summed E-state index contributed by atoms with van der Waals surface area (Å²) in [7, 11) is 0.991. The Morgan fingerprint density at radius 1 is 1.46 bits per heavy atom. The average molecular weight is 186 g/mol. The monoisotopic (exact) mass is 186 g/mol. The van der Waals surface area contributed by atoms with Gasteiger partial charge >= 0.3 is 11.9 Å². The molecule has 0 aromatic carbocycles. The molecule has 1 unspecified atom stereocenters. The zero-order valence-electron chi connectivity index (χ0n) is 6.73. The van der Waals surface area contributed by atoms with Gasteiger partial charge in [0, 0.05) is 0 Å². The van der Waals surface area contributed by atoms with Gasteiger partial charge in [0.25, 0.3) is 5.78 Å². The smallest absolute Gasteiger partial charge is 0.375 e. The molecule has 0 aromatic heterocycles. The summed E-state index contributed by atoms with van der Waals surface area (Å²) in [5.41, 5.74) is 0. The number of esters is 2. The summed E-state index contributed by atoms with van der Waals surface area (Å²) in [5, 5.41) is 0. The summed E-state index contributed by atoms with van der Waals surface area (Å²) in [6.45, 7) is -0.452. The molecule has 1 atom stereocenters. The van der Waals surface area contributed by atoms with E-state index in [9.17, 15) is 19.2 Å². The molecule has 0 N–H and O–H groups in total. The number of hydrogen-bond donors (Lipinski definition) is 0. The number of carbonyl (C=O) groups is 4. The van der Waals surface area contributed by atoms with E-state index in [2.05, 4.69) is 9.47 Å². The Morgan fingerprint density at radius 2 is 2.08 bits per heavy atom. The first kappa shape index (κ1) is 9.37. The Balaban J connectivity index is 2.82. The van der Waals surface area contributed by atoms with Gasteiger partial charge in [0.2, 0.25) is 0 Å². The summed E-state index contributed by atoms with van der Waals surface area (Å²) in [6, 6.07) is 0. The van der Waals surface area contributed by atoms with E-state index >= 15 is 0 Å². The lowest BCUT2D eigenvalue weighted by Crippen LogP contribution is -2.32. The molecule has 1 fully saturated rings. The molecule has 6 heteroatoms. The van der Waals surface area contributed by atoms with Crippen LogP contribution in [0.4, 0.5) is 0 Å². The molecule has 0 aliphatic carbocycles. The molecule has 0 aromatic rings. The minimum Gasteiger partial charge on any atom is -0.463 e. The van der Waals surface area contributed by atoms with Crippen molar-refractivity contribution in [2.45, 2.75) is 0 Å². The van der Waals surface area contributed by atoms with Crippen molar-refractivity contribution in [2.75, 3.05) is 13.7 Å². The van der Waals surface area contributed by atoms with Crippen LogP contribution in [-0.4, -0.2) is 37.2 Å². The van der Waals surface area contributed by atoms with E-state index in [0.29, 0.717) is 0 Å². The molecule has 0 spiro atoms. The Hall–Kier alpha value is -1.72. The van der Waals surface area contributed by atoms with E-state index in [4.69, 9.17) is 0 Å². The van der Waals surface area contributed by atoms with E-state index in [1.165, 1.54) is 0 Å². The van der Waals surface area contributed by atoms with Gasteiger partial charge in [-0.25, -0.2) is 4.79 Å². The van der Waals surface area contributed by atoms with Gasteiger partial charge in [-0.15, -0.1) is 0 Å². The second kappa shape index (κ2) is 3.34. The molecule has 1 saturated heterocycles. The molecule has 13 heavy (non-hydrogen) atoms. The van der Waals surface area contributed by atoms with Crippen molar-refractivity contribution in [1.29, 1.82) is 0 Å². The van der Waals surface area contributed by atoms with Crippen LogP contribution in [-0.2, 0) is 28.7 Å². The van der Waals surface area contributed by atoms with Crippen LogP contribution in [0.1, 0.15) is 0 Å². The third-order valence-electron chi connectivity index (χ3n) is 1.56. The fourth-order valence-corrected chi connectivity index (χ4v) is 0.912. The lowest BCUT2D eigenvalue weighted by Gasteiger charge is -1.99. The number of carbonyl (C=O) groups excluding carboxylic acids is 4. The van der Waals surface area contributed by atoms with Gasteiger partial charge in [-0.2, -0.15) is 0 Å². The number of cyclic esters (lactones) is 1. The maximum Gasteiger partial charge on any atom is 0.375 e. The number of methoxy groups -OCH3 is 1. The van der Waals surface area contributed by atoms with Crippen LogP contribution in [0, 0.1) is 5.92 Å². The van der Waals surface area contributed by atoms with Crippen molar-refractivity contribution in [2.24, 2.45) is 5.92 Å². The first-order chi connectivity index (χ1) is 6.07. The maximum atomic E-state index is 11.0. The van der Waals surface area contributed by atoms with Crippen LogP contribution in [0.5, 0.6) is 0 Å². The van der Waals surface area contributed by atoms with Crippen LogP contribution >= 0.6 is 0 Å². The normalized spacial score (nSPS) is 21.2. The molecule has 70 valence electrons. The van der Waals surface area contributed by atoms with Crippen LogP contribution in [0.3, 0.4) is 0 Å². The molecule has 0 bridgehead atoms. The number of ketones is 2. The maximum absolute atomic E-state index is 11.0. The highest BCUT2D eigenvalue weighted by Gasteiger charge is 2.44. The molecule has 1 rings (SSSR count). The predicted molar refractivity (Wildman–Crippen MR) is 36.5 cm³/mol. The first-order valence-electron chi connectivity index (χ1n) is 3.39. The first-order valence-corrected chi connectivity index (χ1v) is 3.39. The summed E-state index contributed by atoms with van der Waals surface area (Å²) < 4.78 is 8.35. The Morgan fingerprint density at radius 3 is 2.46 bits per heavy atom. The second-order valence-electron chi connectivity index (χ2n) is 2.36. The Bertz CT molecular complexity index is 275. The summed E-state index contributed by atoms with van der Waals surface area (Å²) in [6.07, 6.45) is 0. The lowest BCUT2D eigenvalue weighted by atomic mass is 10.0. The standard InChI is InChI=1S/C7H6O6/c1-12-7(11)5(9)4-3(8)2-13-6(4)10/h4H,2H2,1H3. The predicted octanol–water partition coefficient (Wildman–Crippen LogP) is -1.53. The average Bonchev–Trinajstić information content (AvgIpc) is 2.44. The van der Waals surface area contributed by atoms with Gasteiger partial charge in [0.05, 0.1) is 7.11 Å². The molecule has 0 saturated carbocycles. The Labute approximate surface area is 72.8 Å². The highest BCUT2D eigenvalue weighted by atomic mass is 16.5. The highest BCUT2D eigenvalue weighted by molar-refractivity contribution is 6.44. The third-order valence-corrected chi connectivity index (χ3v) is 1.56. The van der Waals surface area contributed by atoms with Gasteiger partial charge in [-0.1, -0.05) is 0 Å². The van der Waals surface area contributed by atoms with E-state index < -0.39 is 36.0 Å². The topological polar surface area (TPSA) is 86.7 Å². The van der Waals surface area contributed by atoms with Crippen LogP contribution in [0.2, 0.25) is 0 Å². The van der Waals surface area contributed by atoms with E-state index in [0.717, 1.165) is 7.11 Å². The van der Waals surface area contributed by atoms with Crippen LogP contribution in [0.25, 0.3) is 0 Å². The fraction of sp³-hybridized carbons (Fsp3) is 0.429. The summed E-state index contributed by atoms with van der Waals surface area (Å²) in [5.74, 6) is -5.69. The van der Waals surface area contributed by atoms with Crippen molar-refractivity contribution >= 4 is 23.5 Å². The van der Waals surface area contributed by atoms with Crippen molar-refractivity contribution in [1.82, 2.24) is 0 Å². The van der Waals surface area contributed by atoms with E-state index in [1.807, 2.05) is 0 Å². The lowest BCUT2D eigenvalue weighted by molar-refractivity contribution is -0.157. The molecule has 1 aliphatic rings. The van der Waals surface area contributed by atoms with Crippen molar-refractivity contribution < 1.29 is 28.7 Å². The van der Waals surface area contributed by atoms with E-state index in [1.54, 1.807) is 0 Å². The molecule has 1 heterocycles. The number of rotatable bonds is 2. The molecule has 0 radical (unpaired) electrons. The number of hydrogen-bond acceptors (Lipinski definition) is 6. The summed E-state index contributed by atoms with van der Waals surface area (Å²) in [4.78, 5) is 43.3. The third kappa shape index (κ3) is 1.56. The minimum atomic E-state index is -1.62. The zero-order chi connectivity index (χ0) is 10.0. The Kier molecular flexibility index (Phi) is 2.41. The fourth-order valence-electron chi connectivity index (χ4n) is 0.912. The minimum absolute atomic E-state index is 0.452. The van der Waals surface area contributed by atoms with E-state index in [-0.39, 0.29) is 0 Å². The molecule has 6 nitrogen and oxygen atoms in total. The van der Waals surface area contributed by atoms with Gasteiger partial charge in [0.15, 0.2) is 18.3 Å². The second-order valence-corrected chi connectivity index (χ2v) is 2.36. The molecular formula is C7H6O6. The molecular weight excluding hydrogens is 180 g/mol.